The van der Waals surface area contributed by atoms with Crippen LogP contribution in [-0.4, -0.2) is 31.2 Å². The molecule has 0 unspecified atom stereocenters. The Hall–Kier alpha value is -2.21. The van der Waals surface area contributed by atoms with Crippen molar-refractivity contribution in [2.24, 2.45) is 0 Å². The lowest BCUT2D eigenvalue weighted by molar-refractivity contribution is 0.178. The van der Waals surface area contributed by atoms with Crippen LogP contribution in [0.5, 0.6) is 5.75 Å². The number of halogens is 1. The molecular weight excluding hydrogens is 261 g/mol. The summed E-state index contributed by atoms with van der Waals surface area (Å²) in [4.78, 5) is 8.63. The van der Waals surface area contributed by atoms with E-state index in [1.165, 1.54) is 19.2 Å². The molecule has 0 radical (unpaired) electrons. The highest BCUT2D eigenvalue weighted by Gasteiger charge is 2.12. The standard InChI is InChI=1S/C14H16FN3O2/c1-16-13-7-11(17-14(18-13)8-19-2)10-6-9(15)4-5-12(10)20-3/h4-7H,8H2,1-3H3,(H,16,17,18). The highest BCUT2D eigenvalue weighted by Crippen LogP contribution is 2.30. The number of ether oxygens (including phenoxy) is 2. The van der Waals surface area contributed by atoms with Crippen LogP contribution in [0.4, 0.5) is 10.2 Å². The molecule has 1 N–H and O–H groups in total. The molecule has 0 amide bonds. The third-order valence-electron chi connectivity index (χ3n) is 2.74. The minimum Gasteiger partial charge on any atom is -0.496 e. The number of hydrogen-bond donors (Lipinski definition) is 1. The van der Waals surface area contributed by atoms with E-state index in [0.717, 1.165) is 0 Å². The van der Waals surface area contributed by atoms with E-state index in [0.29, 0.717) is 28.6 Å². The van der Waals surface area contributed by atoms with Crippen molar-refractivity contribution in [3.8, 4) is 17.0 Å². The van der Waals surface area contributed by atoms with Crippen LogP contribution in [0, 0.1) is 5.82 Å². The van der Waals surface area contributed by atoms with Crippen molar-refractivity contribution in [3.63, 3.8) is 0 Å². The fraction of sp³-hybridized carbons (Fsp3) is 0.286. The van der Waals surface area contributed by atoms with Crippen LogP contribution in [0.2, 0.25) is 0 Å². The maximum Gasteiger partial charge on any atom is 0.157 e. The molecule has 5 nitrogen and oxygen atoms in total. The largest absolute Gasteiger partial charge is 0.496 e. The lowest BCUT2D eigenvalue weighted by atomic mass is 10.1. The second kappa shape index (κ2) is 6.29. The van der Waals surface area contributed by atoms with Gasteiger partial charge in [-0.2, -0.15) is 0 Å². The van der Waals surface area contributed by atoms with Crippen LogP contribution < -0.4 is 10.1 Å². The summed E-state index contributed by atoms with van der Waals surface area (Å²) in [6.07, 6.45) is 0. The van der Waals surface area contributed by atoms with Gasteiger partial charge >= 0.3 is 0 Å². The Morgan fingerprint density at radius 3 is 2.65 bits per heavy atom. The molecule has 1 aromatic heterocycles. The van der Waals surface area contributed by atoms with Gasteiger partial charge in [-0.1, -0.05) is 0 Å². The number of methoxy groups -OCH3 is 2. The summed E-state index contributed by atoms with van der Waals surface area (Å²) in [5.41, 5.74) is 1.15. The highest BCUT2D eigenvalue weighted by atomic mass is 19.1. The summed E-state index contributed by atoms with van der Waals surface area (Å²) >= 11 is 0. The second-order valence-corrected chi connectivity index (χ2v) is 4.08. The Labute approximate surface area is 116 Å². The van der Waals surface area contributed by atoms with Crippen LogP contribution >= 0.6 is 0 Å². The molecule has 0 fully saturated rings. The zero-order valence-corrected chi connectivity index (χ0v) is 11.6. The minimum atomic E-state index is -0.348. The normalized spacial score (nSPS) is 10.4. The van der Waals surface area contributed by atoms with Crippen molar-refractivity contribution in [2.75, 3.05) is 26.6 Å². The molecule has 0 aliphatic heterocycles. The molecule has 0 bridgehead atoms. The summed E-state index contributed by atoms with van der Waals surface area (Å²) in [7, 11) is 4.86. The van der Waals surface area contributed by atoms with Crippen molar-refractivity contribution >= 4 is 5.82 Å². The Kier molecular flexibility index (Phi) is 4.47. The number of nitrogens with zero attached hydrogens (tertiary/aromatic N) is 2. The number of aromatic nitrogens is 2. The second-order valence-electron chi connectivity index (χ2n) is 4.08. The van der Waals surface area contributed by atoms with Gasteiger partial charge in [-0.05, 0) is 18.2 Å². The summed E-state index contributed by atoms with van der Waals surface area (Å²) in [5.74, 6) is 1.35. The topological polar surface area (TPSA) is 56.3 Å². The first-order valence-electron chi connectivity index (χ1n) is 6.06. The van der Waals surface area contributed by atoms with E-state index in [1.807, 2.05) is 0 Å². The predicted octanol–water partition coefficient (Wildman–Crippen LogP) is 2.48. The monoisotopic (exact) mass is 277 g/mol. The van der Waals surface area contributed by atoms with E-state index >= 15 is 0 Å². The van der Waals surface area contributed by atoms with E-state index in [2.05, 4.69) is 15.3 Å². The molecule has 6 heteroatoms. The molecular formula is C14H16FN3O2. The average Bonchev–Trinajstić information content (AvgIpc) is 2.47. The molecule has 0 saturated carbocycles. The van der Waals surface area contributed by atoms with E-state index in [1.54, 1.807) is 26.3 Å². The number of hydrogen-bond acceptors (Lipinski definition) is 5. The molecule has 0 spiro atoms. The van der Waals surface area contributed by atoms with Gasteiger partial charge in [0.15, 0.2) is 5.82 Å². The van der Waals surface area contributed by atoms with Gasteiger partial charge in [0.25, 0.3) is 0 Å². The Bertz CT molecular complexity index is 605. The molecule has 0 atom stereocenters. The maximum absolute atomic E-state index is 13.5. The van der Waals surface area contributed by atoms with Gasteiger partial charge < -0.3 is 14.8 Å². The van der Waals surface area contributed by atoms with Gasteiger partial charge in [-0.25, -0.2) is 14.4 Å². The van der Waals surface area contributed by atoms with Crippen LogP contribution in [0.1, 0.15) is 5.82 Å². The van der Waals surface area contributed by atoms with Crippen LogP contribution in [0.15, 0.2) is 24.3 Å². The SMILES string of the molecule is CNc1cc(-c2cc(F)ccc2OC)nc(COC)n1. The van der Waals surface area contributed by atoms with Crippen molar-refractivity contribution in [2.45, 2.75) is 6.61 Å². The van der Waals surface area contributed by atoms with Crippen molar-refractivity contribution in [1.82, 2.24) is 9.97 Å². The molecule has 20 heavy (non-hydrogen) atoms. The maximum atomic E-state index is 13.5. The summed E-state index contributed by atoms with van der Waals surface area (Å²) in [5, 5.41) is 2.95. The van der Waals surface area contributed by atoms with E-state index < -0.39 is 0 Å². The summed E-state index contributed by atoms with van der Waals surface area (Å²) < 4.78 is 23.8. The van der Waals surface area contributed by atoms with Crippen molar-refractivity contribution in [3.05, 3.63) is 35.9 Å². The minimum absolute atomic E-state index is 0.278. The molecule has 0 aliphatic carbocycles. The Balaban J connectivity index is 2.56. The molecule has 2 rings (SSSR count). The average molecular weight is 277 g/mol. The van der Waals surface area contributed by atoms with Crippen LogP contribution in [0.25, 0.3) is 11.3 Å². The van der Waals surface area contributed by atoms with Gasteiger partial charge in [-0.15, -0.1) is 0 Å². The van der Waals surface area contributed by atoms with Crippen LogP contribution in [0.3, 0.4) is 0 Å². The fourth-order valence-corrected chi connectivity index (χ4v) is 1.84. The molecule has 0 saturated heterocycles. The number of anilines is 1. The van der Waals surface area contributed by atoms with Gasteiger partial charge in [0, 0.05) is 25.8 Å². The molecule has 2 aromatic rings. The Morgan fingerprint density at radius 2 is 2.00 bits per heavy atom. The number of nitrogens with one attached hydrogen (secondary N) is 1. The lowest BCUT2D eigenvalue weighted by Crippen LogP contribution is -2.03. The smallest absolute Gasteiger partial charge is 0.157 e. The number of benzene rings is 1. The molecule has 1 aromatic carbocycles. The van der Waals surface area contributed by atoms with E-state index in [4.69, 9.17) is 9.47 Å². The quantitative estimate of drug-likeness (QED) is 0.910. The van der Waals surface area contributed by atoms with Gasteiger partial charge in [-0.3, -0.25) is 0 Å². The fourth-order valence-electron chi connectivity index (χ4n) is 1.84. The lowest BCUT2D eigenvalue weighted by Gasteiger charge is -2.11. The highest BCUT2D eigenvalue weighted by molar-refractivity contribution is 5.69. The Morgan fingerprint density at radius 1 is 1.20 bits per heavy atom. The molecule has 0 aliphatic rings. The molecule has 1 heterocycles. The van der Waals surface area contributed by atoms with Gasteiger partial charge in [0.05, 0.1) is 12.8 Å². The van der Waals surface area contributed by atoms with E-state index in [9.17, 15) is 4.39 Å². The third kappa shape index (κ3) is 3.03. The zero-order chi connectivity index (χ0) is 14.5. The van der Waals surface area contributed by atoms with Gasteiger partial charge in [0.1, 0.15) is 24.0 Å². The number of rotatable bonds is 5. The first-order chi connectivity index (χ1) is 9.67. The summed E-state index contributed by atoms with van der Waals surface area (Å²) in [6, 6.07) is 6.04. The van der Waals surface area contributed by atoms with Gasteiger partial charge in [0.2, 0.25) is 0 Å². The first-order valence-corrected chi connectivity index (χ1v) is 6.06. The molecule has 106 valence electrons. The van der Waals surface area contributed by atoms with E-state index in [-0.39, 0.29) is 12.4 Å². The third-order valence-corrected chi connectivity index (χ3v) is 2.74. The summed E-state index contributed by atoms with van der Waals surface area (Å²) in [6.45, 7) is 0.278. The van der Waals surface area contributed by atoms with Crippen LogP contribution in [-0.2, 0) is 11.3 Å². The zero-order valence-electron chi connectivity index (χ0n) is 11.6. The predicted molar refractivity (Wildman–Crippen MR) is 74.2 cm³/mol. The first kappa shape index (κ1) is 14.2. The van der Waals surface area contributed by atoms with Crippen molar-refractivity contribution < 1.29 is 13.9 Å². The van der Waals surface area contributed by atoms with Crippen molar-refractivity contribution in [1.29, 1.82) is 0 Å².